The van der Waals surface area contributed by atoms with Crippen molar-refractivity contribution in [2.75, 3.05) is 11.5 Å². The predicted molar refractivity (Wildman–Crippen MR) is 97.4 cm³/mol. The van der Waals surface area contributed by atoms with Crippen LogP contribution in [0, 0.1) is 0 Å². The van der Waals surface area contributed by atoms with Gasteiger partial charge in [-0.05, 0) is 25.0 Å². The van der Waals surface area contributed by atoms with Crippen LogP contribution in [0.2, 0.25) is 0 Å². The Morgan fingerprint density at radius 3 is 2.08 bits per heavy atom. The minimum Gasteiger partial charge on any atom is -0.353 e. The number of benzene rings is 2. The molecule has 0 bridgehead atoms. The first-order valence-electron chi connectivity index (χ1n) is 7.78. The molecule has 1 unspecified atom stereocenters. The Morgan fingerprint density at radius 1 is 0.917 bits per heavy atom. The highest BCUT2D eigenvalue weighted by Crippen LogP contribution is 2.19. The normalized spacial score (nSPS) is 12.0. The van der Waals surface area contributed by atoms with Gasteiger partial charge in [0.2, 0.25) is 5.91 Å². The summed E-state index contributed by atoms with van der Waals surface area (Å²) >= 11 is 0. The van der Waals surface area contributed by atoms with Gasteiger partial charge in [-0.25, -0.2) is 0 Å². The van der Waals surface area contributed by atoms with Crippen molar-refractivity contribution in [2.24, 2.45) is 0 Å². The van der Waals surface area contributed by atoms with Gasteiger partial charge in [0.05, 0.1) is 5.75 Å². The Kier molecular flexibility index (Phi) is 6.44. The molecule has 0 fully saturated rings. The average Bonchev–Trinajstić information content (AvgIpc) is 2.54. The van der Waals surface area contributed by atoms with E-state index in [0.29, 0.717) is 5.56 Å². The van der Waals surface area contributed by atoms with Gasteiger partial charge < -0.3 is 5.32 Å². The number of rotatable bonds is 7. The van der Waals surface area contributed by atoms with Crippen LogP contribution < -0.4 is 5.32 Å². The molecular formula is C19H21NO3S. The van der Waals surface area contributed by atoms with E-state index in [1.165, 1.54) is 0 Å². The Hall–Kier alpha value is -2.27. The van der Waals surface area contributed by atoms with E-state index in [0.717, 1.165) is 11.1 Å². The maximum atomic E-state index is 12.2. The second-order valence-electron chi connectivity index (χ2n) is 5.82. The van der Waals surface area contributed by atoms with Crippen molar-refractivity contribution < 1.29 is 13.8 Å². The van der Waals surface area contributed by atoms with Crippen LogP contribution in [0.15, 0.2) is 54.6 Å². The lowest BCUT2D eigenvalue weighted by molar-refractivity contribution is -0.119. The molecule has 0 aliphatic carbocycles. The lowest BCUT2D eigenvalue weighted by Gasteiger charge is -2.08. The summed E-state index contributed by atoms with van der Waals surface area (Å²) in [6.45, 7) is 3.67. The molecule has 0 heterocycles. The van der Waals surface area contributed by atoms with Crippen molar-refractivity contribution in [3.05, 3.63) is 60.2 Å². The molecule has 126 valence electrons. The summed E-state index contributed by atoms with van der Waals surface area (Å²) in [5.41, 5.74) is 2.60. The van der Waals surface area contributed by atoms with Crippen LogP contribution in [-0.2, 0) is 15.6 Å². The van der Waals surface area contributed by atoms with Crippen LogP contribution in [0.5, 0.6) is 0 Å². The van der Waals surface area contributed by atoms with E-state index in [9.17, 15) is 13.8 Å². The van der Waals surface area contributed by atoms with Crippen molar-refractivity contribution in [3.8, 4) is 11.1 Å². The van der Waals surface area contributed by atoms with Gasteiger partial charge in [0.15, 0.2) is 5.78 Å². The number of carbonyl (C=O) groups is 2. The minimum atomic E-state index is -1.50. The smallest absolute Gasteiger partial charge is 0.232 e. The van der Waals surface area contributed by atoms with Gasteiger partial charge in [0, 0.05) is 22.4 Å². The van der Waals surface area contributed by atoms with Gasteiger partial charge in [0.1, 0.15) is 5.75 Å². The van der Waals surface area contributed by atoms with Gasteiger partial charge in [-0.3, -0.25) is 13.8 Å². The fraction of sp³-hybridized carbons (Fsp3) is 0.263. The van der Waals surface area contributed by atoms with Gasteiger partial charge in [-0.1, -0.05) is 54.6 Å². The van der Waals surface area contributed by atoms with Crippen LogP contribution >= 0.6 is 0 Å². The monoisotopic (exact) mass is 343 g/mol. The zero-order valence-electron chi connectivity index (χ0n) is 13.8. The number of ketones is 1. The minimum absolute atomic E-state index is 0.00395. The second kappa shape index (κ2) is 8.55. The first-order valence-corrected chi connectivity index (χ1v) is 9.27. The summed E-state index contributed by atoms with van der Waals surface area (Å²) in [6, 6.07) is 17.1. The highest BCUT2D eigenvalue weighted by molar-refractivity contribution is 7.86. The van der Waals surface area contributed by atoms with Crippen molar-refractivity contribution in [2.45, 2.75) is 19.9 Å². The van der Waals surface area contributed by atoms with E-state index >= 15 is 0 Å². The molecule has 24 heavy (non-hydrogen) atoms. The number of amides is 1. The lowest BCUT2D eigenvalue weighted by atomic mass is 10.0. The van der Waals surface area contributed by atoms with E-state index < -0.39 is 10.8 Å². The third-order valence-electron chi connectivity index (χ3n) is 3.35. The third-order valence-corrected chi connectivity index (χ3v) is 4.52. The zero-order valence-corrected chi connectivity index (χ0v) is 14.6. The van der Waals surface area contributed by atoms with Crippen LogP contribution in [0.4, 0.5) is 0 Å². The van der Waals surface area contributed by atoms with Crippen molar-refractivity contribution in [1.82, 2.24) is 5.32 Å². The van der Waals surface area contributed by atoms with E-state index in [4.69, 9.17) is 0 Å². The molecule has 0 saturated carbocycles. The highest BCUT2D eigenvalue weighted by atomic mass is 32.2. The van der Waals surface area contributed by atoms with E-state index in [1.807, 2.05) is 56.3 Å². The summed E-state index contributed by atoms with van der Waals surface area (Å²) in [7, 11) is -1.50. The number of carbonyl (C=O) groups excluding carboxylic acids is 2. The quantitative estimate of drug-likeness (QED) is 0.786. The first kappa shape index (κ1) is 18.1. The van der Waals surface area contributed by atoms with Gasteiger partial charge >= 0.3 is 0 Å². The molecule has 0 spiro atoms. The first-order chi connectivity index (χ1) is 11.5. The average molecular weight is 343 g/mol. The Labute approximate surface area is 144 Å². The van der Waals surface area contributed by atoms with E-state index in [2.05, 4.69) is 5.32 Å². The molecule has 2 aromatic rings. The fourth-order valence-electron chi connectivity index (χ4n) is 2.27. The molecular weight excluding hydrogens is 322 g/mol. The van der Waals surface area contributed by atoms with E-state index in [-0.39, 0.29) is 29.2 Å². The molecule has 0 radical (unpaired) electrons. The number of hydrogen-bond donors (Lipinski definition) is 1. The SMILES string of the molecule is CC(C)NC(=O)CS(=O)CC(=O)c1ccc(-c2ccccc2)cc1. The summed E-state index contributed by atoms with van der Waals surface area (Å²) in [6.07, 6.45) is 0. The lowest BCUT2D eigenvalue weighted by Crippen LogP contribution is -2.34. The second-order valence-corrected chi connectivity index (χ2v) is 7.27. The predicted octanol–water partition coefficient (Wildman–Crippen LogP) is 2.81. The van der Waals surface area contributed by atoms with Crippen LogP contribution in [0.1, 0.15) is 24.2 Å². The van der Waals surface area contributed by atoms with Crippen molar-refractivity contribution >= 4 is 22.5 Å². The molecule has 0 aliphatic heterocycles. The molecule has 2 rings (SSSR count). The highest BCUT2D eigenvalue weighted by Gasteiger charge is 2.14. The maximum Gasteiger partial charge on any atom is 0.232 e. The molecule has 1 N–H and O–H groups in total. The van der Waals surface area contributed by atoms with E-state index in [1.54, 1.807) is 12.1 Å². The molecule has 5 heteroatoms. The number of nitrogens with one attached hydrogen (secondary N) is 1. The number of hydrogen-bond acceptors (Lipinski definition) is 3. The molecule has 0 aromatic heterocycles. The summed E-state index contributed by atoms with van der Waals surface area (Å²) in [4.78, 5) is 23.7. The summed E-state index contributed by atoms with van der Waals surface area (Å²) in [5.74, 6) is -0.803. The molecule has 4 nitrogen and oxygen atoms in total. The molecule has 2 aromatic carbocycles. The van der Waals surface area contributed by atoms with Gasteiger partial charge in [0.25, 0.3) is 0 Å². The maximum absolute atomic E-state index is 12.2. The van der Waals surface area contributed by atoms with Gasteiger partial charge in [-0.2, -0.15) is 0 Å². The molecule has 0 aliphatic rings. The zero-order chi connectivity index (χ0) is 17.5. The Bertz CT molecular complexity index is 724. The largest absolute Gasteiger partial charge is 0.353 e. The topological polar surface area (TPSA) is 63.2 Å². The molecule has 0 saturated heterocycles. The Balaban J connectivity index is 1.95. The Morgan fingerprint density at radius 2 is 1.50 bits per heavy atom. The standard InChI is InChI=1S/C19H21NO3S/c1-14(2)20-19(22)13-24(23)12-18(21)17-10-8-16(9-11-17)15-6-4-3-5-7-15/h3-11,14H,12-13H2,1-2H3,(H,20,22). The van der Waals surface area contributed by atoms with Crippen LogP contribution in [-0.4, -0.2) is 33.4 Å². The van der Waals surface area contributed by atoms with Gasteiger partial charge in [-0.15, -0.1) is 0 Å². The van der Waals surface area contributed by atoms with Crippen LogP contribution in [0.25, 0.3) is 11.1 Å². The fourth-order valence-corrected chi connectivity index (χ4v) is 3.21. The molecule has 1 amide bonds. The summed E-state index contributed by atoms with van der Waals surface area (Å²) < 4.78 is 11.9. The van der Waals surface area contributed by atoms with Crippen molar-refractivity contribution in [1.29, 1.82) is 0 Å². The molecule has 1 atom stereocenters. The van der Waals surface area contributed by atoms with Crippen LogP contribution in [0.3, 0.4) is 0 Å². The number of Topliss-reactive ketones (excluding diaryl/α,β-unsaturated/α-hetero) is 1. The summed E-state index contributed by atoms with van der Waals surface area (Å²) in [5, 5.41) is 2.67. The van der Waals surface area contributed by atoms with Crippen molar-refractivity contribution in [3.63, 3.8) is 0 Å². The third kappa shape index (κ3) is 5.42.